The van der Waals surface area contributed by atoms with E-state index in [1.54, 1.807) is 6.08 Å². The molecule has 1 aliphatic heterocycles. The van der Waals surface area contributed by atoms with Crippen LogP contribution in [0.5, 0.6) is 0 Å². The second-order valence-electron chi connectivity index (χ2n) is 3.92. The smallest absolute Gasteiger partial charge is 0.337 e. The van der Waals surface area contributed by atoms with Crippen molar-refractivity contribution in [2.24, 2.45) is 11.8 Å². The first kappa shape index (κ1) is 11.2. The van der Waals surface area contributed by atoms with E-state index >= 15 is 0 Å². The molecule has 2 N–H and O–H groups in total. The fourth-order valence-electron chi connectivity index (χ4n) is 2.31. The maximum absolute atomic E-state index is 11.5. The van der Waals surface area contributed by atoms with Gasteiger partial charge in [0.2, 0.25) is 0 Å². The van der Waals surface area contributed by atoms with Crippen molar-refractivity contribution in [2.75, 3.05) is 13.7 Å². The lowest BCUT2D eigenvalue weighted by molar-refractivity contribution is -0.137. The first-order chi connectivity index (χ1) is 7.65. The Labute approximate surface area is 93.0 Å². The van der Waals surface area contributed by atoms with E-state index in [2.05, 4.69) is 4.74 Å². The first-order valence-corrected chi connectivity index (χ1v) is 5.11. The van der Waals surface area contributed by atoms with Crippen LogP contribution in [0.25, 0.3) is 0 Å². The van der Waals surface area contributed by atoms with Crippen LogP contribution >= 0.6 is 0 Å². The van der Waals surface area contributed by atoms with Gasteiger partial charge in [0, 0.05) is 11.8 Å². The molecule has 2 aliphatic rings. The van der Waals surface area contributed by atoms with Crippen molar-refractivity contribution in [3.05, 3.63) is 23.5 Å². The zero-order valence-electron chi connectivity index (χ0n) is 8.92. The molecule has 0 aromatic rings. The number of hydrogen-bond donors (Lipinski definition) is 2. The summed E-state index contributed by atoms with van der Waals surface area (Å²) in [5, 5.41) is 18.3. The molecule has 0 aromatic heterocycles. The van der Waals surface area contributed by atoms with Crippen molar-refractivity contribution in [2.45, 2.75) is 12.7 Å². The topological polar surface area (TPSA) is 76.0 Å². The first-order valence-electron chi connectivity index (χ1n) is 5.11. The van der Waals surface area contributed by atoms with Gasteiger partial charge < -0.3 is 19.7 Å². The van der Waals surface area contributed by atoms with Gasteiger partial charge in [-0.3, -0.25) is 0 Å². The molecule has 88 valence electrons. The van der Waals surface area contributed by atoms with Crippen molar-refractivity contribution in [1.29, 1.82) is 0 Å². The number of carbonyl (C=O) groups is 1. The van der Waals surface area contributed by atoms with Crippen LogP contribution in [0.4, 0.5) is 0 Å². The lowest BCUT2D eigenvalue weighted by Crippen LogP contribution is -2.30. The minimum absolute atomic E-state index is 0.0574. The Bertz CT molecular complexity index is 355. The second kappa shape index (κ2) is 4.27. The standard InChI is InChI=1S/C11H14O5/c1-15-11(14)9-5-16-4-8-6(9)2-3-7(8)10(12)13/h3,5-6,8,10,12-13H,2,4H2,1H3. The van der Waals surface area contributed by atoms with Gasteiger partial charge in [-0.05, 0) is 12.0 Å². The molecule has 0 bridgehead atoms. The largest absolute Gasteiger partial charge is 0.500 e. The van der Waals surface area contributed by atoms with E-state index < -0.39 is 12.3 Å². The summed E-state index contributed by atoms with van der Waals surface area (Å²) in [6, 6.07) is 0. The number of esters is 1. The van der Waals surface area contributed by atoms with Gasteiger partial charge in [0.25, 0.3) is 0 Å². The average Bonchev–Trinajstić information content (AvgIpc) is 2.71. The molecule has 2 rings (SSSR count). The van der Waals surface area contributed by atoms with E-state index in [0.29, 0.717) is 24.2 Å². The van der Waals surface area contributed by atoms with E-state index in [9.17, 15) is 4.79 Å². The summed E-state index contributed by atoms with van der Waals surface area (Å²) in [6.07, 6.45) is 2.30. The van der Waals surface area contributed by atoms with Gasteiger partial charge in [0.15, 0.2) is 6.29 Å². The fourth-order valence-corrected chi connectivity index (χ4v) is 2.31. The van der Waals surface area contributed by atoms with Gasteiger partial charge in [-0.25, -0.2) is 4.79 Å². The molecule has 16 heavy (non-hydrogen) atoms. The lowest BCUT2D eigenvalue weighted by atomic mass is 9.84. The molecule has 0 spiro atoms. The molecule has 0 saturated carbocycles. The predicted octanol–water partition coefficient (Wildman–Crippen LogP) is -0.0533. The maximum Gasteiger partial charge on any atom is 0.337 e. The third-order valence-corrected chi connectivity index (χ3v) is 3.13. The molecule has 5 heteroatoms. The number of methoxy groups -OCH3 is 1. The third kappa shape index (κ3) is 1.72. The molecule has 0 saturated heterocycles. The summed E-state index contributed by atoms with van der Waals surface area (Å²) >= 11 is 0. The van der Waals surface area contributed by atoms with Gasteiger partial charge in [0.1, 0.15) is 0 Å². The predicted molar refractivity (Wildman–Crippen MR) is 54.0 cm³/mol. The molecule has 1 heterocycles. The summed E-state index contributed by atoms with van der Waals surface area (Å²) in [5.74, 6) is -0.617. The Kier molecular flexibility index (Phi) is 2.98. The number of allylic oxidation sites excluding steroid dienone is 1. The molecule has 0 radical (unpaired) electrons. The molecule has 0 fully saturated rings. The number of carbonyl (C=O) groups excluding carboxylic acids is 1. The minimum atomic E-state index is -1.48. The molecule has 2 unspecified atom stereocenters. The number of rotatable bonds is 2. The number of aliphatic hydroxyl groups excluding tert-OH is 1. The van der Waals surface area contributed by atoms with Gasteiger partial charge in [-0.15, -0.1) is 0 Å². The number of ether oxygens (including phenoxy) is 2. The minimum Gasteiger partial charge on any atom is -0.500 e. The highest BCUT2D eigenvalue weighted by Crippen LogP contribution is 2.40. The highest BCUT2D eigenvalue weighted by molar-refractivity contribution is 5.89. The average molecular weight is 226 g/mol. The maximum atomic E-state index is 11.5. The summed E-state index contributed by atoms with van der Waals surface area (Å²) in [7, 11) is 1.32. The number of fused-ring (bicyclic) bond motifs is 1. The summed E-state index contributed by atoms with van der Waals surface area (Å²) in [5.41, 5.74) is 0.991. The van der Waals surface area contributed by atoms with E-state index in [1.807, 2.05) is 0 Å². The van der Waals surface area contributed by atoms with Crippen LogP contribution in [0.2, 0.25) is 0 Å². The zero-order valence-corrected chi connectivity index (χ0v) is 8.92. The number of aliphatic hydroxyl groups is 2. The molecular formula is C11H14O5. The molecule has 1 aliphatic carbocycles. The van der Waals surface area contributed by atoms with Crippen LogP contribution in [0, 0.1) is 11.8 Å². The molecule has 0 aromatic carbocycles. The van der Waals surface area contributed by atoms with E-state index in [4.69, 9.17) is 14.9 Å². The zero-order chi connectivity index (χ0) is 11.7. The second-order valence-corrected chi connectivity index (χ2v) is 3.92. The molecule has 5 nitrogen and oxygen atoms in total. The van der Waals surface area contributed by atoms with Crippen LogP contribution in [-0.2, 0) is 14.3 Å². The summed E-state index contributed by atoms with van der Waals surface area (Å²) < 4.78 is 9.83. The highest BCUT2D eigenvalue weighted by atomic mass is 16.5. The van der Waals surface area contributed by atoms with Gasteiger partial charge >= 0.3 is 5.97 Å². The van der Waals surface area contributed by atoms with Crippen LogP contribution in [-0.4, -0.2) is 36.2 Å². The third-order valence-electron chi connectivity index (χ3n) is 3.13. The summed E-state index contributed by atoms with van der Waals surface area (Å²) in [6.45, 7) is 0.370. The van der Waals surface area contributed by atoms with Gasteiger partial charge in [0.05, 0.1) is 25.6 Å². The van der Waals surface area contributed by atoms with Crippen molar-refractivity contribution in [3.8, 4) is 0 Å². The van der Waals surface area contributed by atoms with Crippen molar-refractivity contribution >= 4 is 5.97 Å². The highest BCUT2D eigenvalue weighted by Gasteiger charge is 2.40. The van der Waals surface area contributed by atoms with Crippen LogP contribution in [0.15, 0.2) is 23.5 Å². The Morgan fingerprint density at radius 2 is 2.31 bits per heavy atom. The number of hydrogen-bond acceptors (Lipinski definition) is 5. The molecular weight excluding hydrogens is 212 g/mol. The van der Waals surface area contributed by atoms with Crippen LogP contribution < -0.4 is 0 Å². The lowest BCUT2D eigenvalue weighted by Gasteiger charge is -2.28. The van der Waals surface area contributed by atoms with Gasteiger partial charge in [-0.1, -0.05) is 6.08 Å². The summed E-state index contributed by atoms with van der Waals surface area (Å²) in [4.78, 5) is 11.5. The quantitative estimate of drug-likeness (QED) is 0.392. The van der Waals surface area contributed by atoms with Crippen molar-refractivity contribution < 1.29 is 24.5 Å². The van der Waals surface area contributed by atoms with E-state index in [0.717, 1.165) is 0 Å². The van der Waals surface area contributed by atoms with E-state index in [1.165, 1.54) is 13.4 Å². The normalized spacial score (nSPS) is 28.0. The monoisotopic (exact) mass is 226 g/mol. The molecule has 0 amide bonds. The van der Waals surface area contributed by atoms with E-state index in [-0.39, 0.29) is 11.8 Å². The fraction of sp³-hybridized carbons (Fsp3) is 0.545. The van der Waals surface area contributed by atoms with Crippen molar-refractivity contribution in [3.63, 3.8) is 0 Å². The Morgan fingerprint density at radius 3 is 2.94 bits per heavy atom. The molecule has 2 atom stereocenters. The van der Waals surface area contributed by atoms with Crippen LogP contribution in [0.1, 0.15) is 6.42 Å². The Balaban J connectivity index is 2.19. The Morgan fingerprint density at radius 1 is 1.56 bits per heavy atom. The van der Waals surface area contributed by atoms with Crippen LogP contribution in [0.3, 0.4) is 0 Å². The van der Waals surface area contributed by atoms with Gasteiger partial charge in [-0.2, -0.15) is 0 Å². The van der Waals surface area contributed by atoms with Crippen molar-refractivity contribution in [1.82, 2.24) is 0 Å². The SMILES string of the molecule is COC(=O)C1=COCC2C(C(O)O)=CCC12. The Hall–Kier alpha value is -1.33.